The third kappa shape index (κ3) is 4.89. The van der Waals surface area contributed by atoms with Gasteiger partial charge in [0.15, 0.2) is 0 Å². The number of allylic oxidation sites excluding steroid dienone is 1. The first kappa shape index (κ1) is 21.6. The van der Waals surface area contributed by atoms with Gasteiger partial charge in [-0.3, -0.25) is 9.79 Å². The number of carbonyl (C=O) groups excluding carboxylic acids is 1. The fourth-order valence-electron chi connectivity index (χ4n) is 4.31. The molecule has 0 saturated carbocycles. The lowest BCUT2D eigenvalue weighted by atomic mass is 9.92. The monoisotopic (exact) mass is 442 g/mol. The normalized spacial score (nSPS) is 15.6. The predicted octanol–water partition coefficient (Wildman–Crippen LogP) is 6.88. The number of benzene rings is 4. The molecule has 4 aromatic rings. The number of fused-ring (bicyclic) bond motifs is 1. The molecule has 0 saturated heterocycles. The van der Waals surface area contributed by atoms with E-state index in [1.807, 2.05) is 95.9 Å². The summed E-state index contributed by atoms with van der Waals surface area (Å²) < 4.78 is 0. The largest absolute Gasteiger partial charge is 0.305 e. The molecule has 1 atom stereocenters. The molecule has 4 aromatic carbocycles. The highest BCUT2D eigenvalue weighted by Crippen LogP contribution is 2.35. The minimum absolute atomic E-state index is 0.0640. The van der Waals surface area contributed by atoms with E-state index < -0.39 is 5.92 Å². The molecule has 0 spiro atoms. The van der Waals surface area contributed by atoms with Gasteiger partial charge >= 0.3 is 0 Å². The molecule has 0 bridgehead atoms. The van der Waals surface area contributed by atoms with Crippen molar-refractivity contribution in [1.82, 2.24) is 0 Å². The SMILES string of the molecule is O=C1C(Cc2ccccc2)C(C=Cc2ccccc2)=Nc2ccccc2N1Cc1ccccc1. The number of nitrogens with zero attached hydrogens (tertiary/aromatic N) is 2. The Morgan fingerprint density at radius 1 is 0.676 bits per heavy atom. The van der Waals surface area contributed by atoms with Crippen molar-refractivity contribution in [2.24, 2.45) is 10.9 Å². The Hall–Kier alpha value is -4.24. The minimum atomic E-state index is -0.390. The van der Waals surface area contributed by atoms with E-state index in [0.29, 0.717) is 13.0 Å². The van der Waals surface area contributed by atoms with Crippen LogP contribution in [0.3, 0.4) is 0 Å². The van der Waals surface area contributed by atoms with Gasteiger partial charge < -0.3 is 4.90 Å². The summed E-state index contributed by atoms with van der Waals surface area (Å²) >= 11 is 0. The number of para-hydroxylation sites is 2. The van der Waals surface area contributed by atoms with Crippen LogP contribution in [0.5, 0.6) is 0 Å². The van der Waals surface area contributed by atoms with Gasteiger partial charge in [-0.15, -0.1) is 0 Å². The van der Waals surface area contributed by atoms with E-state index in [4.69, 9.17) is 4.99 Å². The summed E-state index contributed by atoms with van der Waals surface area (Å²) in [6, 6.07) is 38.4. The maximum Gasteiger partial charge on any atom is 0.236 e. The molecule has 1 aliphatic heterocycles. The van der Waals surface area contributed by atoms with Crippen LogP contribution in [0.1, 0.15) is 16.7 Å². The summed E-state index contributed by atoms with van der Waals surface area (Å²) in [5.74, 6) is -0.326. The van der Waals surface area contributed by atoms with Gasteiger partial charge in [-0.1, -0.05) is 109 Å². The van der Waals surface area contributed by atoms with Crippen molar-refractivity contribution in [3.8, 4) is 0 Å². The molecule has 0 aliphatic carbocycles. The van der Waals surface area contributed by atoms with Crippen LogP contribution in [-0.4, -0.2) is 11.6 Å². The zero-order chi connectivity index (χ0) is 23.2. The highest BCUT2D eigenvalue weighted by Gasteiger charge is 2.33. The average Bonchev–Trinajstić information content (AvgIpc) is 3.00. The van der Waals surface area contributed by atoms with Gasteiger partial charge in [0.25, 0.3) is 0 Å². The second-order valence-electron chi connectivity index (χ2n) is 8.42. The molecular formula is C31H26N2O. The van der Waals surface area contributed by atoms with E-state index in [-0.39, 0.29) is 5.91 Å². The topological polar surface area (TPSA) is 32.7 Å². The number of carbonyl (C=O) groups is 1. The van der Waals surface area contributed by atoms with Crippen LogP contribution in [-0.2, 0) is 17.8 Å². The summed E-state index contributed by atoms with van der Waals surface area (Å²) in [6.45, 7) is 0.507. The van der Waals surface area contributed by atoms with E-state index in [2.05, 4.69) is 36.4 Å². The molecule has 0 radical (unpaired) electrons. The Morgan fingerprint density at radius 3 is 1.97 bits per heavy atom. The molecule has 1 unspecified atom stereocenters. The molecule has 0 aromatic heterocycles. The van der Waals surface area contributed by atoms with Gasteiger partial charge in [-0.25, -0.2) is 0 Å². The quantitative estimate of drug-likeness (QED) is 0.320. The van der Waals surface area contributed by atoms with Crippen molar-refractivity contribution < 1.29 is 4.79 Å². The maximum absolute atomic E-state index is 14.1. The first-order valence-corrected chi connectivity index (χ1v) is 11.6. The lowest BCUT2D eigenvalue weighted by Crippen LogP contribution is -2.38. The molecule has 166 valence electrons. The molecule has 1 amide bonds. The molecule has 1 heterocycles. The fourth-order valence-corrected chi connectivity index (χ4v) is 4.31. The summed E-state index contributed by atoms with van der Waals surface area (Å²) in [4.78, 5) is 21.1. The van der Waals surface area contributed by atoms with Crippen molar-refractivity contribution in [2.45, 2.75) is 13.0 Å². The van der Waals surface area contributed by atoms with Gasteiger partial charge in [0, 0.05) is 0 Å². The Balaban J connectivity index is 1.59. The Bertz CT molecular complexity index is 1310. The smallest absolute Gasteiger partial charge is 0.236 e. The fraction of sp³-hybridized carbons (Fsp3) is 0.0968. The molecule has 3 nitrogen and oxygen atoms in total. The van der Waals surface area contributed by atoms with E-state index >= 15 is 0 Å². The molecule has 3 heteroatoms. The van der Waals surface area contributed by atoms with E-state index in [1.54, 1.807) is 0 Å². The summed E-state index contributed by atoms with van der Waals surface area (Å²) in [6.07, 6.45) is 4.64. The number of anilines is 1. The lowest BCUT2D eigenvalue weighted by Gasteiger charge is -2.26. The second kappa shape index (κ2) is 10.1. The molecule has 1 aliphatic rings. The first-order chi connectivity index (χ1) is 16.8. The van der Waals surface area contributed by atoms with Crippen molar-refractivity contribution in [1.29, 1.82) is 0 Å². The van der Waals surface area contributed by atoms with Crippen LogP contribution in [0, 0.1) is 5.92 Å². The predicted molar refractivity (Wildman–Crippen MR) is 140 cm³/mol. The number of hydrogen-bond donors (Lipinski definition) is 0. The summed E-state index contributed by atoms with van der Waals surface area (Å²) in [7, 11) is 0. The number of hydrogen-bond acceptors (Lipinski definition) is 2. The van der Waals surface area contributed by atoms with Crippen LogP contribution in [0.25, 0.3) is 6.08 Å². The highest BCUT2D eigenvalue weighted by molar-refractivity contribution is 6.18. The third-order valence-electron chi connectivity index (χ3n) is 6.06. The van der Waals surface area contributed by atoms with Crippen molar-refractivity contribution >= 4 is 29.1 Å². The lowest BCUT2D eigenvalue weighted by molar-refractivity contribution is -0.120. The molecular weight excluding hydrogens is 416 g/mol. The molecule has 0 N–H and O–H groups in total. The van der Waals surface area contributed by atoms with Gasteiger partial charge in [-0.05, 0) is 41.3 Å². The van der Waals surface area contributed by atoms with E-state index in [1.165, 1.54) is 0 Å². The van der Waals surface area contributed by atoms with Gasteiger partial charge in [0.1, 0.15) is 0 Å². The average molecular weight is 443 g/mol. The number of aliphatic imine (C=N–C) groups is 1. The zero-order valence-electron chi connectivity index (χ0n) is 18.9. The number of rotatable bonds is 6. The Morgan fingerprint density at radius 2 is 1.26 bits per heavy atom. The van der Waals surface area contributed by atoms with Crippen LogP contribution in [0.15, 0.2) is 126 Å². The van der Waals surface area contributed by atoms with Crippen molar-refractivity contribution in [3.05, 3.63) is 138 Å². The second-order valence-corrected chi connectivity index (χ2v) is 8.42. The third-order valence-corrected chi connectivity index (χ3v) is 6.06. The maximum atomic E-state index is 14.1. The van der Waals surface area contributed by atoms with Crippen LogP contribution in [0.2, 0.25) is 0 Å². The van der Waals surface area contributed by atoms with Crippen molar-refractivity contribution in [2.75, 3.05) is 4.90 Å². The van der Waals surface area contributed by atoms with E-state index in [9.17, 15) is 4.79 Å². The summed E-state index contributed by atoms with van der Waals surface area (Å²) in [5, 5.41) is 0. The first-order valence-electron chi connectivity index (χ1n) is 11.6. The van der Waals surface area contributed by atoms with Crippen LogP contribution < -0.4 is 4.90 Å². The standard InChI is InChI=1S/C31H26N2O/c34-31-27(22-25-14-6-2-7-15-25)28(21-20-24-12-4-1-5-13-24)32-29-18-10-11-19-30(29)33(31)23-26-16-8-3-9-17-26/h1-21,27H,22-23H2. The minimum Gasteiger partial charge on any atom is -0.305 e. The highest BCUT2D eigenvalue weighted by atomic mass is 16.2. The molecule has 0 fully saturated rings. The van der Waals surface area contributed by atoms with Gasteiger partial charge in [-0.2, -0.15) is 0 Å². The van der Waals surface area contributed by atoms with Gasteiger partial charge in [0.05, 0.1) is 29.5 Å². The summed E-state index contributed by atoms with van der Waals surface area (Å²) in [5.41, 5.74) is 5.72. The van der Waals surface area contributed by atoms with Gasteiger partial charge in [0.2, 0.25) is 5.91 Å². The van der Waals surface area contributed by atoms with Crippen LogP contribution in [0.4, 0.5) is 11.4 Å². The number of amides is 1. The van der Waals surface area contributed by atoms with E-state index in [0.717, 1.165) is 33.8 Å². The molecule has 34 heavy (non-hydrogen) atoms. The zero-order valence-corrected chi connectivity index (χ0v) is 18.9. The van der Waals surface area contributed by atoms with Crippen LogP contribution >= 0.6 is 0 Å². The van der Waals surface area contributed by atoms with Crippen molar-refractivity contribution in [3.63, 3.8) is 0 Å². The Kier molecular flexibility index (Phi) is 6.44. The Labute approximate surface area is 200 Å². The molecule has 5 rings (SSSR count).